The Balaban J connectivity index is 1.65. The van der Waals surface area contributed by atoms with E-state index < -0.39 is 0 Å². The summed E-state index contributed by atoms with van der Waals surface area (Å²) in [6.07, 6.45) is 6.21. The Morgan fingerprint density at radius 3 is 2.78 bits per heavy atom. The Morgan fingerprint density at radius 1 is 1.33 bits per heavy atom. The van der Waals surface area contributed by atoms with Gasteiger partial charge in [0.2, 0.25) is 0 Å². The molecule has 98 valence electrons. The van der Waals surface area contributed by atoms with Crippen molar-refractivity contribution in [1.29, 1.82) is 0 Å². The molecule has 1 aliphatic heterocycles. The monoisotopic (exact) mass is 249 g/mol. The average Bonchev–Trinajstić information content (AvgIpc) is 3.18. The van der Waals surface area contributed by atoms with E-state index in [1.165, 1.54) is 12.8 Å². The third kappa shape index (κ3) is 2.90. The molecular weight excluding hydrogens is 230 g/mol. The van der Waals surface area contributed by atoms with Crippen LogP contribution in [0.1, 0.15) is 25.7 Å². The maximum absolute atomic E-state index is 11.9. The van der Waals surface area contributed by atoms with Gasteiger partial charge < -0.3 is 10.1 Å². The largest absolute Gasteiger partial charge is 0.381 e. The first-order valence-corrected chi connectivity index (χ1v) is 6.73. The molecule has 5 nitrogen and oxygen atoms in total. The van der Waals surface area contributed by atoms with Gasteiger partial charge in [0, 0.05) is 31.9 Å². The molecule has 3 rings (SSSR count). The molecule has 0 atom stereocenters. The van der Waals surface area contributed by atoms with Gasteiger partial charge in [0.1, 0.15) is 0 Å². The fraction of sp³-hybridized carbons (Fsp3) is 0.692. The van der Waals surface area contributed by atoms with Crippen LogP contribution in [0.4, 0.5) is 5.69 Å². The Morgan fingerprint density at radius 2 is 2.11 bits per heavy atom. The zero-order chi connectivity index (χ0) is 12.4. The molecule has 2 fully saturated rings. The van der Waals surface area contributed by atoms with E-state index in [0.717, 1.165) is 31.7 Å². The lowest BCUT2D eigenvalue weighted by Gasteiger charge is -2.22. The minimum Gasteiger partial charge on any atom is -0.381 e. The normalized spacial score (nSPS) is 20.9. The Hall–Kier alpha value is -1.36. The molecule has 0 aromatic carbocycles. The highest BCUT2D eigenvalue weighted by Gasteiger charge is 2.21. The minimum absolute atomic E-state index is 0.00728. The van der Waals surface area contributed by atoms with Crippen LogP contribution in [-0.4, -0.2) is 29.0 Å². The smallest absolute Gasteiger partial charge is 0.268 e. The molecule has 0 spiro atoms. The molecule has 1 aliphatic carbocycles. The molecular formula is C13H19N3O2. The quantitative estimate of drug-likeness (QED) is 0.872. The number of anilines is 1. The van der Waals surface area contributed by atoms with E-state index in [4.69, 9.17) is 4.74 Å². The lowest BCUT2D eigenvalue weighted by molar-refractivity contribution is 0.0596. The van der Waals surface area contributed by atoms with Crippen LogP contribution in [0.15, 0.2) is 17.1 Å². The van der Waals surface area contributed by atoms with Crippen molar-refractivity contribution >= 4 is 5.69 Å². The zero-order valence-electron chi connectivity index (χ0n) is 10.5. The van der Waals surface area contributed by atoms with Gasteiger partial charge >= 0.3 is 0 Å². The third-order valence-electron chi connectivity index (χ3n) is 3.59. The third-order valence-corrected chi connectivity index (χ3v) is 3.59. The Labute approximate surface area is 106 Å². The number of hydrogen-bond donors (Lipinski definition) is 1. The van der Waals surface area contributed by atoms with Gasteiger partial charge in [0.05, 0.1) is 11.9 Å². The number of aromatic nitrogens is 2. The molecule has 0 radical (unpaired) electrons. The molecule has 0 amide bonds. The highest BCUT2D eigenvalue weighted by molar-refractivity contribution is 5.41. The maximum Gasteiger partial charge on any atom is 0.268 e. The van der Waals surface area contributed by atoms with E-state index in [1.54, 1.807) is 16.9 Å². The van der Waals surface area contributed by atoms with Gasteiger partial charge in [-0.25, -0.2) is 4.68 Å². The summed E-state index contributed by atoms with van der Waals surface area (Å²) in [5.41, 5.74) is 0.845. The average molecular weight is 249 g/mol. The molecule has 1 aromatic rings. The summed E-state index contributed by atoms with van der Waals surface area (Å²) in [5.74, 6) is 0.520. The predicted molar refractivity (Wildman–Crippen MR) is 68.7 cm³/mol. The lowest BCUT2D eigenvalue weighted by atomic mass is 10.0. The number of nitrogens with zero attached hydrogens (tertiary/aromatic N) is 2. The Kier molecular flexibility index (Phi) is 3.32. The van der Waals surface area contributed by atoms with Crippen LogP contribution < -0.4 is 10.9 Å². The summed E-state index contributed by atoms with van der Waals surface area (Å²) in [6.45, 7) is 2.33. The van der Waals surface area contributed by atoms with Gasteiger partial charge in [-0.1, -0.05) is 0 Å². The van der Waals surface area contributed by atoms with E-state index >= 15 is 0 Å². The second-order valence-corrected chi connectivity index (χ2v) is 5.24. The maximum atomic E-state index is 11.9. The minimum atomic E-state index is -0.00728. The summed E-state index contributed by atoms with van der Waals surface area (Å²) in [4.78, 5) is 11.9. The summed E-state index contributed by atoms with van der Waals surface area (Å²) < 4.78 is 6.90. The summed E-state index contributed by atoms with van der Waals surface area (Å²) in [7, 11) is 0. The second kappa shape index (κ2) is 5.10. The van der Waals surface area contributed by atoms with E-state index in [-0.39, 0.29) is 5.56 Å². The summed E-state index contributed by atoms with van der Waals surface area (Å²) >= 11 is 0. The van der Waals surface area contributed by atoms with Crippen LogP contribution in [0.2, 0.25) is 0 Å². The van der Waals surface area contributed by atoms with Crippen molar-refractivity contribution in [3.63, 3.8) is 0 Å². The van der Waals surface area contributed by atoms with Crippen LogP contribution in [-0.2, 0) is 11.3 Å². The van der Waals surface area contributed by atoms with Crippen LogP contribution in [0.5, 0.6) is 0 Å². The van der Waals surface area contributed by atoms with E-state index in [0.29, 0.717) is 18.5 Å². The SMILES string of the molecule is O=c1cc(NC2CC2)cnn1CC1CCOCC1. The van der Waals surface area contributed by atoms with Gasteiger partial charge in [-0.2, -0.15) is 5.10 Å². The molecule has 18 heavy (non-hydrogen) atoms. The van der Waals surface area contributed by atoms with Gasteiger partial charge in [0.15, 0.2) is 0 Å². The Bertz CT molecular complexity index is 462. The fourth-order valence-corrected chi connectivity index (χ4v) is 2.29. The summed E-state index contributed by atoms with van der Waals surface area (Å²) in [5, 5.41) is 7.55. The lowest BCUT2D eigenvalue weighted by Crippen LogP contribution is -2.29. The molecule has 1 saturated heterocycles. The van der Waals surface area contributed by atoms with Gasteiger partial charge in [-0.05, 0) is 31.6 Å². The van der Waals surface area contributed by atoms with Gasteiger partial charge in [-0.15, -0.1) is 0 Å². The van der Waals surface area contributed by atoms with Crippen LogP contribution in [0, 0.1) is 5.92 Å². The van der Waals surface area contributed by atoms with Gasteiger partial charge in [0.25, 0.3) is 5.56 Å². The summed E-state index contributed by atoms with van der Waals surface area (Å²) in [6, 6.07) is 2.21. The number of hydrogen-bond acceptors (Lipinski definition) is 4. The van der Waals surface area contributed by atoms with E-state index in [9.17, 15) is 4.79 Å². The standard InChI is InChI=1S/C13H19N3O2/c17-13-7-12(15-11-1-2-11)8-14-16(13)9-10-3-5-18-6-4-10/h7-8,10-11,15H,1-6,9H2. The number of nitrogens with one attached hydrogen (secondary N) is 1. The van der Waals surface area contributed by atoms with Crippen LogP contribution in [0.3, 0.4) is 0 Å². The van der Waals surface area contributed by atoms with Crippen molar-refractivity contribution in [3.8, 4) is 0 Å². The van der Waals surface area contributed by atoms with Crippen LogP contribution >= 0.6 is 0 Å². The first kappa shape index (κ1) is 11.7. The molecule has 2 heterocycles. The predicted octanol–water partition coefficient (Wildman–Crippen LogP) is 1.24. The number of rotatable bonds is 4. The van der Waals surface area contributed by atoms with Crippen LogP contribution in [0.25, 0.3) is 0 Å². The zero-order valence-corrected chi connectivity index (χ0v) is 10.5. The first-order valence-electron chi connectivity index (χ1n) is 6.73. The van der Waals surface area contributed by atoms with Gasteiger partial charge in [-0.3, -0.25) is 4.79 Å². The molecule has 1 saturated carbocycles. The molecule has 2 aliphatic rings. The van der Waals surface area contributed by atoms with Crippen molar-refractivity contribution in [2.24, 2.45) is 5.92 Å². The van der Waals surface area contributed by atoms with Crippen molar-refractivity contribution in [3.05, 3.63) is 22.6 Å². The van der Waals surface area contributed by atoms with Crippen molar-refractivity contribution in [2.45, 2.75) is 38.3 Å². The molecule has 0 bridgehead atoms. The highest BCUT2D eigenvalue weighted by atomic mass is 16.5. The first-order chi connectivity index (χ1) is 8.81. The fourth-order valence-electron chi connectivity index (χ4n) is 2.29. The van der Waals surface area contributed by atoms with Crippen molar-refractivity contribution in [1.82, 2.24) is 9.78 Å². The molecule has 5 heteroatoms. The molecule has 1 aromatic heterocycles. The molecule has 0 unspecified atom stereocenters. The van der Waals surface area contributed by atoms with E-state index in [1.807, 2.05) is 0 Å². The van der Waals surface area contributed by atoms with E-state index in [2.05, 4.69) is 10.4 Å². The highest BCUT2D eigenvalue weighted by Crippen LogP contribution is 2.23. The second-order valence-electron chi connectivity index (χ2n) is 5.24. The topological polar surface area (TPSA) is 56.2 Å². The van der Waals surface area contributed by atoms with Crippen molar-refractivity contribution < 1.29 is 4.74 Å². The number of ether oxygens (including phenoxy) is 1. The molecule has 1 N–H and O–H groups in total. The van der Waals surface area contributed by atoms with Crippen molar-refractivity contribution in [2.75, 3.05) is 18.5 Å².